The molecule has 0 N–H and O–H groups in total. The summed E-state index contributed by atoms with van der Waals surface area (Å²) in [6.07, 6.45) is 2.63. The number of rotatable bonds is 4. The van der Waals surface area contributed by atoms with E-state index in [1.807, 2.05) is 18.2 Å². The average Bonchev–Trinajstić information content (AvgIpc) is 3.12. The summed E-state index contributed by atoms with van der Waals surface area (Å²) in [5.41, 5.74) is 3.15. The van der Waals surface area contributed by atoms with E-state index in [4.69, 9.17) is 9.47 Å². The monoisotopic (exact) mass is 366 g/mol. The Bertz CT molecular complexity index is 995. The minimum Gasteiger partial charge on any atom is -0.497 e. The Morgan fingerprint density at radius 3 is 2.56 bits per heavy atom. The van der Waals surface area contributed by atoms with Crippen LogP contribution in [-0.2, 0) is 6.42 Å². The van der Waals surface area contributed by atoms with E-state index in [9.17, 15) is 9.18 Å². The number of fused-ring (bicyclic) bond motifs is 1. The highest BCUT2D eigenvalue weighted by Crippen LogP contribution is 2.39. The largest absolute Gasteiger partial charge is 0.497 e. The summed E-state index contributed by atoms with van der Waals surface area (Å²) in [5, 5.41) is 4.37. The van der Waals surface area contributed by atoms with Crippen LogP contribution in [0.25, 0.3) is 5.69 Å². The summed E-state index contributed by atoms with van der Waals surface area (Å²) < 4.78 is 25.7. The van der Waals surface area contributed by atoms with Crippen LogP contribution in [0.1, 0.15) is 34.0 Å². The van der Waals surface area contributed by atoms with Crippen LogP contribution in [0.5, 0.6) is 11.5 Å². The number of methoxy groups -OCH3 is 2. The van der Waals surface area contributed by atoms with Gasteiger partial charge >= 0.3 is 0 Å². The zero-order valence-electron chi connectivity index (χ0n) is 15.1. The van der Waals surface area contributed by atoms with Gasteiger partial charge in [0.15, 0.2) is 5.78 Å². The highest BCUT2D eigenvalue weighted by molar-refractivity contribution is 5.98. The fourth-order valence-corrected chi connectivity index (χ4v) is 3.62. The first-order valence-electron chi connectivity index (χ1n) is 8.68. The SMILES string of the molecule is COc1ccc([C@@H]2CC(=O)c3cnn(-c4ccc(F)cc4)c3C2)c(OC)c1. The number of ether oxygens (including phenoxy) is 2. The highest BCUT2D eigenvalue weighted by atomic mass is 19.1. The van der Waals surface area contributed by atoms with Gasteiger partial charge in [0.1, 0.15) is 17.3 Å². The molecule has 2 aromatic carbocycles. The van der Waals surface area contributed by atoms with Crippen LogP contribution < -0.4 is 9.47 Å². The van der Waals surface area contributed by atoms with Crippen LogP contribution in [0.4, 0.5) is 4.39 Å². The van der Waals surface area contributed by atoms with Crippen molar-refractivity contribution in [2.75, 3.05) is 14.2 Å². The van der Waals surface area contributed by atoms with Crippen LogP contribution in [0.2, 0.25) is 0 Å². The molecule has 0 spiro atoms. The third-order valence-electron chi connectivity index (χ3n) is 4.99. The third kappa shape index (κ3) is 3.07. The Morgan fingerprint density at radius 1 is 1.07 bits per heavy atom. The number of ketones is 1. The van der Waals surface area contributed by atoms with Crippen LogP contribution in [0.3, 0.4) is 0 Å². The predicted molar refractivity (Wildman–Crippen MR) is 98.5 cm³/mol. The number of carbonyl (C=O) groups excluding carboxylic acids is 1. The van der Waals surface area contributed by atoms with Gasteiger partial charge in [-0.15, -0.1) is 0 Å². The van der Waals surface area contributed by atoms with Crippen molar-refractivity contribution in [3.63, 3.8) is 0 Å². The molecule has 1 atom stereocenters. The van der Waals surface area contributed by atoms with E-state index in [-0.39, 0.29) is 17.5 Å². The standard InChI is InChI=1S/C21H19FN2O3/c1-26-16-7-8-17(21(11-16)27-2)13-9-19-18(20(25)10-13)12-23-24(19)15-5-3-14(22)4-6-15/h3-8,11-13H,9-10H2,1-2H3/t13-/m0/s1. The maximum atomic E-state index is 13.3. The number of benzene rings is 2. The molecule has 0 bridgehead atoms. The van der Waals surface area contributed by atoms with Gasteiger partial charge in [0, 0.05) is 18.4 Å². The van der Waals surface area contributed by atoms with Crippen LogP contribution in [0, 0.1) is 5.82 Å². The molecule has 3 aromatic rings. The molecule has 1 heterocycles. The Kier molecular flexibility index (Phi) is 4.39. The van der Waals surface area contributed by atoms with E-state index in [1.165, 1.54) is 12.1 Å². The van der Waals surface area contributed by atoms with Gasteiger partial charge in [-0.2, -0.15) is 5.10 Å². The van der Waals surface area contributed by atoms with E-state index in [1.54, 1.807) is 37.2 Å². The number of hydrogen-bond donors (Lipinski definition) is 0. The molecule has 0 fully saturated rings. The first kappa shape index (κ1) is 17.3. The molecule has 0 unspecified atom stereocenters. The summed E-state index contributed by atoms with van der Waals surface area (Å²) in [6, 6.07) is 11.7. The molecule has 138 valence electrons. The van der Waals surface area contributed by atoms with Gasteiger partial charge in [0.25, 0.3) is 0 Å². The molecular weight excluding hydrogens is 347 g/mol. The normalized spacial score (nSPS) is 16.1. The second kappa shape index (κ2) is 6.87. The summed E-state index contributed by atoms with van der Waals surface area (Å²) in [7, 11) is 3.21. The van der Waals surface area contributed by atoms with E-state index in [0.717, 1.165) is 16.9 Å². The van der Waals surface area contributed by atoms with Crippen molar-refractivity contribution < 1.29 is 18.7 Å². The maximum absolute atomic E-state index is 13.3. The molecule has 1 aliphatic carbocycles. The van der Waals surface area contributed by atoms with Gasteiger partial charge in [0.05, 0.1) is 37.4 Å². The molecular formula is C21H19FN2O3. The van der Waals surface area contributed by atoms with Crippen molar-refractivity contribution in [2.24, 2.45) is 0 Å². The van der Waals surface area contributed by atoms with Crippen molar-refractivity contribution in [3.05, 3.63) is 71.3 Å². The third-order valence-corrected chi connectivity index (χ3v) is 4.99. The molecule has 5 nitrogen and oxygen atoms in total. The molecule has 6 heteroatoms. The first-order valence-corrected chi connectivity index (χ1v) is 8.68. The molecule has 1 aromatic heterocycles. The van der Waals surface area contributed by atoms with Crippen LogP contribution >= 0.6 is 0 Å². The van der Waals surface area contributed by atoms with Gasteiger partial charge in [-0.05, 0) is 42.3 Å². The van der Waals surface area contributed by atoms with Crippen molar-refractivity contribution in [1.29, 1.82) is 0 Å². The maximum Gasteiger partial charge on any atom is 0.166 e. The lowest BCUT2D eigenvalue weighted by Gasteiger charge is -2.24. The number of Topliss-reactive ketones (excluding diaryl/α,β-unsaturated/α-hetero) is 1. The highest BCUT2D eigenvalue weighted by Gasteiger charge is 2.31. The van der Waals surface area contributed by atoms with Crippen molar-refractivity contribution in [3.8, 4) is 17.2 Å². The van der Waals surface area contributed by atoms with Gasteiger partial charge in [-0.3, -0.25) is 4.79 Å². The number of nitrogens with zero attached hydrogens (tertiary/aromatic N) is 2. The van der Waals surface area contributed by atoms with Gasteiger partial charge in [-0.25, -0.2) is 9.07 Å². The molecule has 4 rings (SSSR count). The lowest BCUT2D eigenvalue weighted by Crippen LogP contribution is -2.20. The lowest BCUT2D eigenvalue weighted by molar-refractivity contribution is 0.0963. The number of hydrogen-bond acceptors (Lipinski definition) is 4. The summed E-state index contributed by atoms with van der Waals surface area (Å²) >= 11 is 0. The number of halogens is 1. The smallest absolute Gasteiger partial charge is 0.166 e. The second-order valence-corrected chi connectivity index (χ2v) is 6.53. The van der Waals surface area contributed by atoms with Crippen molar-refractivity contribution >= 4 is 5.78 Å². The molecule has 0 amide bonds. The lowest BCUT2D eigenvalue weighted by atomic mass is 9.82. The van der Waals surface area contributed by atoms with Crippen molar-refractivity contribution in [1.82, 2.24) is 9.78 Å². The van der Waals surface area contributed by atoms with Gasteiger partial charge in [-0.1, -0.05) is 6.07 Å². The van der Waals surface area contributed by atoms with Crippen LogP contribution in [-0.4, -0.2) is 29.8 Å². The summed E-state index contributed by atoms with van der Waals surface area (Å²) in [4.78, 5) is 12.7. The Labute approximate surface area is 156 Å². The summed E-state index contributed by atoms with van der Waals surface area (Å²) in [6.45, 7) is 0. The first-order chi connectivity index (χ1) is 13.1. The average molecular weight is 366 g/mol. The van der Waals surface area contributed by atoms with E-state index < -0.39 is 0 Å². The quantitative estimate of drug-likeness (QED) is 0.702. The minimum absolute atomic E-state index is 0.0262. The fraction of sp³-hybridized carbons (Fsp3) is 0.238. The molecule has 1 aliphatic rings. The molecule has 0 radical (unpaired) electrons. The Balaban J connectivity index is 1.74. The molecule has 0 aliphatic heterocycles. The Hall–Kier alpha value is -3.15. The van der Waals surface area contributed by atoms with Crippen molar-refractivity contribution in [2.45, 2.75) is 18.8 Å². The van der Waals surface area contributed by atoms with E-state index in [0.29, 0.717) is 29.9 Å². The Morgan fingerprint density at radius 2 is 1.85 bits per heavy atom. The van der Waals surface area contributed by atoms with Crippen LogP contribution in [0.15, 0.2) is 48.7 Å². The van der Waals surface area contributed by atoms with Gasteiger partial charge in [0.2, 0.25) is 0 Å². The fourth-order valence-electron chi connectivity index (χ4n) is 3.62. The predicted octanol–water partition coefficient (Wildman–Crippen LogP) is 3.94. The zero-order valence-corrected chi connectivity index (χ0v) is 15.1. The van der Waals surface area contributed by atoms with Gasteiger partial charge < -0.3 is 9.47 Å². The molecule has 27 heavy (non-hydrogen) atoms. The zero-order chi connectivity index (χ0) is 19.0. The topological polar surface area (TPSA) is 53.3 Å². The number of carbonyl (C=O) groups is 1. The summed E-state index contributed by atoms with van der Waals surface area (Å²) in [5.74, 6) is 1.11. The molecule has 0 saturated carbocycles. The van der Waals surface area contributed by atoms with E-state index >= 15 is 0 Å². The minimum atomic E-state index is -0.309. The molecule has 0 saturated heterocycles. The van der Waals surface area contributed by atoms with E-state index in [2.05, 4.69) is 5.10 Å². The number of aromatic nitrogens is 2. The second-order valence-electron chi connectivity index (χ2n) is 6.53.